The minimum absolute atomic E-state index is 0.132. The first-order valence-electron chi connectivity index (χ1n) is 8.43. The third-order valence-corrected chi connectivity index (χ3v) is 5.07. The number of amides is 1. The highest BCUT2D eigenvalue weighted by molar-refractivity contribution is 7.99. The molecule has 7 heteroatoms. The van der Waals surface area contributed by atoms with Crippen LogP contribution in [0.1, 0.15) is 13.8 Å². The van der Waals surface area contributed by atoms with Crippen molar-refractivity contribution in [3.8, 4) is 5.75 Å². The number of carbonyl (C=O) groups is 1. The van der Waals surface area contributed by atoms with Gasteiger partial charge in [-0.3, -0.25) is 4.79 Å². The highest BCUT2D eigenvalue weighted by atomic mass is 35.5. The summed E-state index contributed by atoms with van der Waals surface area (Å²) in [6.45, 7) is 5.22. The molecule has 0 fully saturated rings. The number of benzene rings is 2. The van der Waals surface area contributed by atoms with Gasteiger partial charge in [0.15, 0.2) is 10.9 Å². The molecular formula is C19H20ClN3O2S. The molecule has 1 aromatic heterocycles. The van der Waals surface area contributed by atoms with Crippen LogP contribution in [0, 0.1) is 0 Å². The van der Waals surface area contributed by atoms with Gasteiger partial charge in [0.25, 0.3) is 0 Å². The van der Waals surface area contributed by atoms with Crippen LogP contribution >= 0.6 is 23.4 Å². The van der Waals surface area contributed by atoms with Crippen molar-refractivity contribution in [1.29, 1.82) is 0 Å². The fourth-order valence-electron chi connectivity index (χ4n) is 2.68. The number of hydrogen-bond donors (Lipinski definition) is 1. The molecule has 0 aliphatic heterocycles. The van der Waals surface area contributed by atoms with Gasteiger partial charge in [-0.2, -0.15) is 0 Å². The number of ether oxygens (including phenoxy) is 1. The van der Waals surface area contributed by atoms with Gasteiger partial charge in [0.2, 0.25) is 5.91 Å². The van der Waals surface area contributed by atoms with Gasteiger partial charge in [-0.15, -0.1) is 0 Å². The Morgan fingerprint density at radius 3 is 2.81 bits per heavy atom. The Morgan fingerprint density at radius 1 is 1.23 bits per heavy atom. The molecule has 0 bridgehead atoms. The van der Waals surface area contributed by atoms with E-state index in [4.69, 9.17) is 16.3 Å². The number of anilines is 1. The number of aromatic nitrogens is 2. The molecule has 136 valence electrons. The van der Waals surface area contributed by atoms with E-state index in [2.05, 4.69) is 21.8 Å². The van der Waals surface area contributed by atoms with E-state index in [1.807, 2.05) is 31.2 Å². The standard InChI is InChI=1S/C19H20ClN3O2S/c1-3-23-16-11-6-5-9-14(16)22-19(23)26-12-17(24)21-15-10-7-8-13(20)18(15)25-4-2/h5-11H,3-4,12H2,1-2H3,(H,21,24). The van der Waals surface area contributed by atoms with E-state index in [0.717, 1.165) is 22.7 Å². The second-order valence-corrected chi connectivity index (χ2v) is 6.86. The molecule has 0 radical (unpaired) electrons. The molecule has 0 aliphatic rings. The van der Waals surface area contributed by atoms with Crippen molar-refractivity contribution in [3.05, 3.63) is 47.5 Å². The lowest BCUT2D eigenvalue weighted by Gasteiger charge is -2.12. The van der Waals surface area contributed by atoms with Crippen LogP contribution in [0.15, 0.2) is 47.6 Å². The van der Waals surface area contributed by atoms with Gasteiger partial charge in [0.1, 0.15) is 0 Å². The maximum absolute atomic E-state index is 12.4. The highest BCUT2D eigenvalue weighted by Crippen LogP contribution is 2.33. The lowest BCUT2D eigenvalue weighted by atomic mass is 10.3. The molecule has 0 saturated carbocycles. The summed E-state index contributed by atoms with van der Waals surface area (Å²) in [6.07, 6.45) is 0. The van der Waals surface area contributed by atoms with E-state index >= 15 is 0 Å². The second-order valence-electron chi connectivity index (χ2n) is 5.51. The fourth-order valence-corrected chi connectivity index (χ4v) is 3.79. The topological polar surface area (TPSA) is 56.1 Å². The summed E-state index contributed by atoms with van der Waals surface area (Å²) in [5, 5.41) is 4.18. The van der Waals surface area contributed by atoms with Gasteiger partial charge in [-0.1, -0.05) is 41.6 Å². The van der Waals surface area contributed by atoms with E-state index in [1.165, 1.54) is 11.8 Å². The monoisotopic (exact) mass is 389 g/mol. The summed E-state index contributed by atoms with van der Waals surface area (Å²) >= 11 is 7.57. The van der Waals surface area contributed by atoms with Crippen LogP contribution in [-0.4, -0.2) is 27.8 Å². The molecule has 1 N–H and O–H groups in total. The van der Waals surface area contributed by atoms with E-state index in [-0.39, 0.29) is 11.7 Å². The van der Waals surface area contributed by atoms with Crippen molar-refractivity contribution in [2.24, 2.45) is 0 Å². The summed E-state index contributed by atoms with van der Waals surface area (Å²) in [5.74, 6) is 0.616. The number of hydrogen-bond acceptors (Lipinski definition) is 4. The number of aryl methyl sites for hydroxylation is 1. The summed E-state index contributed by atoms with van der Waals surface area (Å²) in [4.78, 5) is 17.0. The van der Waals surface area contributed by atoms with Gasteiger partial charge in [0.05, 0.1) is 34.1 Å². The first-order chi connectivity index (χ1) is 12.6. The fraction of sp³-hybridized carbons (Fsp3) is 0.263. The van der Waals surface area contributed by atoms with E-state index < -0.39 is 0 Å². The zero-order valence-electron chi connectivity index (χ0n) is 14.7. The molecule has 26 heavy (non-hydrogen) atoms. The van der Waals surface area contributed by atoms with Gasteiger partial charge in [0, 0.05) is 6.54 Å². The maximum atomic E-state index is 12.4. The second kappa shape index (κ2) is 8.47. The van der Waals surface area contributed by atoms with Crippen LogP contribution in [0.2, 0.25) is 5.02 Å². The predicted octanol–water partition coefficient (Wildman–Crippen LogP) is 4.84. The van der Waals surface area contributed by atoms with Crippen molar-refractivity contribution >= 4 is 46.0 Å². The van der Waals surface area contributed by atoms with Crippen molar-refractivity contribution in [2.45, 2.75) is 25.5 Å². The molecular weight excluding hydrogens is 370 g/mol. The largest absolute Gasteiger partial charge is 0.490 e. The minimum atomic E-state index is -0.132. The molecule has 1 amide bonds. The average Bonchev–Trinajstić information content (AvgIpc) is 3.00. The van der Waals surface area contributed by atoms with Gasteiger partial charge in [-0.05, 0) is 38.1 Å². The Kier molecular flexibility index (Phi) is 6.06. The highest BCUT2D eigenvalue weighted by Gasteiger charge is 2.14. The third kappa shape index (κ3) is 3.97. The number of nitrogens with zero attached hydrogens (tertiary/aromatic N) is 2. The number of para-hydroxylation sites is 3. The summed E-state index contributed by atoms with van der Waals surface area (Å²) in [7, 11) is 0. The number of rotatable bonds is 7. The first kappa shape index (κ1) is 18.6. The Bertz CT molecular complexity index is 926. The molecule has 0 aliphatic carbocycles. The van der Waals surface area contributed by atoms with Crippen molar-refractivity contribution in [1.82, 2.24) is 9.55 Å². The molecule has 5 nitrogen and oxygen atoms in total. The van der Waals surface area contributed by atoms with Gasteiger partial charge >= 0.3 is 0 Å². The van der Waals surface area contributed by atoms with Gasteiger partial charge < -0.3 is 14.6 Å². The van der Waals surface area contributed by atoms with E-state index in [9.17, 15) is 4.79 Å². The van der Waals surface area contributed by atoms with Crippen LogP contribution in [-0.2, 0) is 11.3 Å². The van der Waals surface area contributed by atoms with Crippen molar-refractivity contribution in [2.75, 3.05) is 17.7 Å². The van der Waals surface area contributed by atoms with E-state index in [0.29, 0.717) is 23.1 Å². The summed E-state index contributed by atoms with van der Waals surface area (Å²) in [5.41, 5.74) is 2.59. The molecule has 0 spiro atoms. The van der Waals surface area contributed by atoms with Crippen molar-refractivity contribution in [3.63, 3.8) is 0 Å². The summed E-state index contributed by atoms with van der Waals surface area (Å²) < 4.78 is 7.65. The number of nitrogens with one attached hydrogen (secondary N) is 1. The molecule has 3 rings (SSSR count). The van der Waals surface area contributed by atoms with Crippen molar-refractivity contribution < 1.29 is 9.53 Å². The Morgan fingerprint density at radius 2 is 2.04 bits per heavy atom. The minimum Gasteiger partial charge on any atom is -0.490 e. The zero-order chi connectivity index (χ0) is 18.5. The Labute approximate surface area is 161 Å². The number of thioether (sulfide) groups is 1. The van der Waals surface area contributed by atoms with E-state index in [1.54, 1.807) is 18.2 Å². The molecule has 0 unspecified atom stereocenters. The molecule has 0 saturated heterocycles. The van der Waals surface area contributed by atoms with Crippen LogP contribution in [0.5, 0.6) is 5.75 Å². The number of carbonyl (C=O) groups excluding carboxylic acids is 1. The SMILES string of the molecule is CCOc1c(Cl)cccc1NC(=O)CSc1nc2ccccc2n1CC. The maximum Gasteiger partial charge on any atom is 0.234 e. The predicted molar refractivity (Wildman–Crippen MR) is 107 cm³/mol. The summed E-state index contributed by atoms with van der Waals surface area (Å²) in [6, 6.07) is 13.3. The Hall–Kier alpha value is -2.18. The normalized spacial score (nSPS) is 10.9. The molecule has 1 heterocycles. The van der Waals surface area contributed by atoms with Crippen LogP contribution in [0.3, 0.4) is 0 Å². The van der Waals surface area contributed by atoms with Crippen LogP contribution in [0.4, 0.5) is 5.69 Å². The lowest BCUT2D eigenvalue weighted by molar-refractivity contribution is -0.113. The Balaban J connectivity index is 1.71. The van der Waals surface area contributed by atoms with Gasteiger partial charge in [-0.25, -0.2) is 4.98 Å². The number of halogens is 1. The average molecular weight is 390 g/mol. The zero-order valence-corrected chi connectivity index (χ0v) is 16.2. The lowest BCUT2D eigenvalue weighted by Crippen LogP contribution is -2.15. The molecule has 3 aromatic rings. The molecule has 2 aromatic carbocycles. The number of imidazole rings is 1. The van der Waals surface area contributed by atoms with Crippen LogP contribution < -0.4 is 10.1 Å². The first-order valence-corrected chi connectivity index (χ1v) is 9.79. The molecule has 0 atom stereocenters. The third-order valence-electron chi connectivity index (χ3n) is 3.80. The quantitative estimate of drug-likeness (QED) is 0.587. The number of fused-ring (bicyclic) bond motifs is 1. The van der Waals surface area contributed by atoms with Crippen LogP contribution in [0.25, 0.3) is 11.0 Å². The smallest absolute Gasteiger partial charge is 0.234 e.